The van der Waals surface area contributed by atoms with Gasteiger partial charge in [-0.05, 0) is 30.2 Å². The molecule has 2 nitrogen and oxygen atoms in total. The normalized spacial score (nSPS) is 14.0. The molecule has 0 saturated heterocycles. The second kappa shape index (κ2) is 7.79. The summed E-state index contributed by atoms with van der Waals surface area (Å²) in [5.74, 6) is -37.3. The van der Waals surface area contributed by atoms with Gasteiger partial charge in [-0.15, -0.1) is 0 Å². The first-order valence-electron chi connectivity index (χ1n) is 7.34. The number of esters is 1. The molecule has 0 saturated carbocycles. The Hall–Kier alpha value is -2.66. The highest BCUT2D eigenvalue weighted by Crippen LogP contribution is 2.60. The Morgan fingerprint density at radius 3 is 1.52 bits per heavy atom. The zero-order valence-corrected chi connectivity index (χ0v) is 14.5. The third kappa shape index (κ3) is 4.24. The number of methoxy groups -OCH3 is 1. The van der Waals surface area contributed by atoms with E-state index >= 15 is 0 Å². The van der Waals surface area contributed by atoms with Crippen LogP contribution in [0.25, 0.3) is 0 Å². The van der Waals surface area contributed by atoms with Crippen LogP contribution in [-0.2, 0) is 4.74 Å². The Morgan fingerprint density at radius 2 is 1.13 bits per heavy atom. The lowest BCUT2D eigenvalue weighted by molar-refractivity contribution is -0.435. The zero-order valence-electron chi connectivity index (χ0n) is 14.5. The number of halogens is 13. The maximum atomic E-state index is 13.5. The van der Waals surface area contributed by atoms with Crippen LogP contribution in [0.15, 0.2) is 24.3 Å². The monoisotopic (exact) mass is 478 g/mol. The summed E-state index contributed by atoms with van der Waals surface area (Å²) in [4.78, 5) is 11.2. The third-order valence-corrected chi connectivity index (χ3v) is 3.60. The molecular weight excluding hydrogens is 471 g/mol. The Labute approximate surface area is 164 Å². The number of carbonyl (C=O) groups is 1. The minimum atomic E-state index is -7.98. The predicted octanol–water partition coefficient (Wildman–Crippen LogP) is 5.56. The van der Waals surface area contributed by atoms with Crippen molar-refractivity contribution in [2.45, 2.75) is 35.8 Å². The van der Waals surface area contributed by atoms with Crippen LogP contribution in [0.2, 0.25) is 0 Å². The largest absolute Gasteiger partial charge is 0.465 e. The minimum absolute atomic E-state index is 0.158. The van der Waals surface area contributed by atoms with Crippen molar-refractivity contribution in [2.24, 2.45) is 0 Å². The first-order valence-corrected chi connectivity index (χ1v) is 7.34. The number of hydrogen-bond acceptors (Lipinski definition) is 2. The quantitative estimate of drug-likeness (QED) is 0.315. The molecule has 0 atom stereocenters. The standard InChI is InChI=1S/C16H7F13O2/c1-31-10(30)9-4-2-8(3-5-9)6-7-11(17,18)12(19,20)13(21,22)14(23,24)15(25,26)16(27,28)29/h2-5H,1H3. The highest BCUT2D eigenvalue weighted by molar-refractivity contribution is 5.89. The molecule has 0 aromatic heterocycles. The molecule has 0 aliphatic heterocycles. The van der Waals surface area contributed by atoms with Gasteiger partial charge in [0.25, 0.3) is 0 Å². The average molecular weight is 478 g/mol. The molecule has 0 N–H and O–H groups in total. The Balaban J connectivity index is 3.39. The third-order valence-electron chi connectivity index (χ3n) is 3.60. The Bertz CT molecular complexity index is 874. The minimum Gasteiger partial charge on any atom is -0.465 e. The van der Waals surface area contributed by atoms with Gasteiger partial charge in [0.1, 0.15) is 0 Å². The molecule has 1 aromatic carbocycles. The zero-order chi connectivity index (χ0) is 24.7. The molecule has 0 heterocycles. The van der Waals surface area contributed by atoms with Crippen molar-refractivity contribution in [3.05, 3.63) is 35.4 Å². The fourth-order valence-corrected chi connectivity index (χ4v) is 1.81. The fraction of sp³-hybridized carbons (Fsp3) is 0.438. The number of alkyl halides is 13. The van der Waals surface area contributed by atoms with Crippen LogP contribution < -0.4 is 0 Å². The molecule has 0 amide bonds. The van der Waals surface area contributed by atoms with Crippen LogP contribution in [-0.4, -0.2) is 48.9 Å². The maximum absolute atomic E-state index is 13.5. The van der Waals surface area contributed by atoms with Crippen LogP contribution in [0, 0.1) is 11.8 Å². The summed E-state index contributed by atoms with van der Waals surface area (Å²) in [6, 6.07) is 3.10. The lowest BCUT2D eigenvalue weighted by atomic mass is 9.94. The smallest absolute Gasteiger partial charge is 0.460 e. The van der Waals surface area contributed by atoms with Gasteiger partial charge >= 0.3 is 41.8 Å². The molecule has 0 bridgehead atoms. The van der Waals surface area contributed by atoms with E-state index in [0.29, 0.717) is 12.1 Å². The van der Waals surface area contributed by atoms with E-state index in [4.69, 9.17) is 0 Å². The summed E-state index contributed by atoms with van der Waals surface area (Å²) in [6.45, 7) is 0. The van der Waals surface area contributed by atoms with Gasteiger partial charge in [0, 0.05) is 5.56 Å². The highest BCUT2D eigenvalue weighted by atomic mass is 19.4. The molecule has 0 spiro atoms. The highest BCUT2D eigenvalue weighted by Gasteiger charge is 2.90. The van der Waals surface area contributed by atoms with Crippen LogP contribution in [0.4, 0.5) is 57.1 Å². The van der Waals surface area contributed by atoms with Gasteiger partial charge in [-0.2, -0.15) is 57.1 Å². The summed E-state index contributed by atoms with van der Waals surface area (Å²) < 4.78 is 172. The van der Waals surface area contributed by atoms with E-state index in [1.54, 1.807) is 0 Å². The van der Waals surface area contributed by atoms with Crippen molar-refractivity contribution in [1.82, 2.24) is 0 Å². The van der Waals surface area contributed by atoms with Gasteiger partial charge in [-0.25, -0.2) is 4.79 Å². The molecule has 174 valence electrons. The van der Waals surface area contributed by atoms with Crippen molar-refractivity contribution in [3.63, 3.8) is 0 Å². The Morgan fingerprint density at radius 1 is 0.710 bits per heavy atom. The number of carbonyl (C=O) groups excluding carboxylic acids is 1. The topological polar surface area (TPSA) is 26.3 Å². The van der Waals surface area contributed by atoms with Crippen molar-refractivity contribution < 1.29 is 66.6 Å². The molecule has 31 heavy (non-hydrogen) atoms. The molecule has 1 rings (SSSR count). The van der Waals surface area contributed by atoms with E-state index in [-0.39, 0.29) is 11.5 Å². The predicted molar refractivity (Wildman–Crippen MR) is 75.4 cm³/mol. The van der Waals surface area contributed by atoms with Crippen molar-refractivity contribution in [3.8, 4) is 11.8 Å². The number of ether oxygens (including phenoxy) is 1. The SMILES string of the molecule is COC(=O)c1ccc(C#CC(F)(F)C(F)(F)C(F)(F)C(F)(F)C(F)(F)C(F)(F)F)cc1. The molecule has 0 aliphatic carbocycles. The molecule has 0 radical (unpaired) electrons. The summed E-state index contributed by atoms with van der Waals surface area (Å²) in [7, 11) is 0.955. The number of rotatable bonds is 5. The van der Waals surface area contributed by atoms with E-state index in [0.717, 1.165) is 25.2 Å². The second-order valence-electron chi connectivity index (χ2n) is 5.69. The molecule has 15 heteroatoms. The van der Waals surface area contributed by atoms with Gasteiger partial charge in [0.15, 0.2) is 0 Å². The fourth-order valence-electron chi connectivity index (χ4n) is 1.81. The lowest BCUT2D eigenvalue weighted by Gasteiger charge is -2.38. The first-order chi connectivity index (χ1) is 13.7. The van der Waals surface area contributed by atoms with Crippen molar-refractivity contribution in [2.75, 3.05) is 7.11 Å². The molecule has 0 fully saturated rings. The van der Waals surface area contributed by atoms with Gasteiger partial charge < -0.3 is 4.74 Å². The van der Waals surface area contributed by atoms with E-state index in [9.17, 15) is 61.9 Å². The van der Waals surface area contributed by atoms with Gasteiger partial charge in [-0.1, -0.05) is 5.92 Å². The summed E-state index contributed by atoms with van der Waals surface area (Å²) in [6.07, 6.45) is -7.47. The van der Waals surface area contributed by atoms with Crippen molar-refractivity contribution >= 4 is 5.97 Å². The van der Waals surface area contributed by atoms with E-state index in [1.807, 2.05) is 0 Å². The van der Waals surface area contributed by atoms with Gasteiger partial charge in [0.2, 0.25) is 0 Å². The van der Waals surface area contributed by atoms with E-state index in [1.165, 1.54) is 0 Å². The first kappa shape index (κ1) is 26.4. The van der Waals surface area contributed by atoms with Crippen LogP contribution in [0.3, 0.4) is 0 Å². The second-order valence-corrected chi connectivity index (χ2v) is 5.69. The van der Waals surface area contributed by atoms with Crippen LogP contribution in [0.1, 0.15) is 15.9 Å². The number of hydrogen-bond donors (Lipinski definition) is 0. The molecule has 1 aromatic rings. The van der Waals surface area contributed by atoms with Crippen LogP contribution >= 0.6 is 0 Å². The molecule has 0 aliphatic rings. The Kier molecular flexibility index (Phi) is 6.63. The van der Waals surface area contributed by atoms with Crippen molar-refractivity contribution in [1.29, 1.82) is 0 Å². The lowest BCUT2D eigenvalue weighted by Crippen LogP contribution is -2.69. The van der Waals surface area contributed by atoms with Crippen LogP contribution in [0.5, 0.6) is 0 Å². The average Bonchev–Trinajstić information content (AvgIpc) is 2.64. The molecular formula is C16H7F13O2. The molecule has 0 unspecified atom stereocenters. The van der Waals surface area contributed by atoms with Gasteiger partial charge in [-0.3, -0.25) is 0 Å². The summed E-state index contributed by atoms with van der Waals surface area (Å²) in [5.41, 5.74) is -0.871. The van der Waals surface area contributed by atoms with E-state index < -0.39 is 47.3 Å². The van der Waals surface area contributed by atoms with Gasteiger partial charge in [0.05, 0.1) is 12.7 Å². The van der Waals surface area contributed by atoms with E-state index in [2.05, 4.69) is 4.74 Å². The maximum Gasteiger partial charge on any atom is 0.460 e. The summed E-state index contributed by atoms with van der Waals surface area (Å²) in [5, 5.41) is 0. The summed E-state index contributed by atoms with van der Waals surface area (Å²) >= 11 is 0. The number of benzene rings is 1.